The van der Waals surface area contributed by atoms with Crippen LogP contribution in [0.3, 0.4) is 0 Å². The fraction of sp³-hybridized carbons (Fsp3) is 0.407. The van der Waals surface area contributed by atoms with E-state index in [1.807, 2.05) is 60.7 Å². The van der Waals surface area contributed by atoms with Crippen LogP contribution in [0, 0.1) is 0 Å². The first-order valence-electron chi connectivity index (χ1n) is 11.3. The Morgan fingerprint density at radius 3 is 2.00 bits per heavy atom. The van der Waals surface area contributed by atoms with Crippen LogP contribution in [0.2, 0.25) is 18.1 Å². The van der Waals surface area contributed by atoms with Gasteiger partial charge in [0.15, 0.2) is 8.32 Å². The number of benzene rings is 2. The number of hydrogen-bond acceptors (Lipinski definition) is 2. The van der Waals surface area contributed by atoms with E-state index < -0.39 is 15.5 Å². The van der Waals surface area contributed by atoms with Crippen LogP contribution in [-0.2, 0) is 8.99 Å². The smallest absolute Gasteiger partial charge is 0.192 e. The van der Waals surface area contributed by atoms with E-state index in [9.17, 15) is 4.57 Å². The predicted molar refractivity (Wildman–Crippen MR) is 138 cm³/mol. The SMILES string of the molecule is C=C1CC/C(=C/CP(=O)(c2ccccc2)c2ccccc2)CC1O[Si](C)(C)C(C)(C)C. The van der Waals surface area contributed by atoms with Gasteiger partial charge in [-0.1, -0.05) is 99.7 Å². The van der Waals surface area contributed by atoms with Crippen molar-refractivity contribution >= 4 is 26.1 Å². The minimum absolute atomic E-state index is 0.0775. The zero-order valence-electron chi connectivity index (χ0n) is 19.7. The van der Waals surface area contributed by atoms with Crippen molar-refractivity contribution < 1.29 is 8.99 Å². The third kappa shape index (κ3) is 5.58. The van der Waals surface area contributed by atoms with Gasteiger partial charge in [-0.05, 0) is 43.0 Å². The Morgan fingerprint density at radius 1 is 1.00 bits per heavy atom. The van der Waals surface area contributed by atoms with Crippen LogP contribution in [0.15, 0.2) is 84.5 Å². The molecule has 0 saturated heterocycles. The first-order valence-corrected chi connectivity index (χ1v) is 16.1. The van der Waals surface area contributed by atoms with Crippen LogP contribution in [0.1, 0.15) is 40.0 Å². The van der Waals surface area contributed by atoms with E-state index in [4.69, 9.17) is 4.43 Å². The van der Waals surface area contributed by atoms with Gasteiger partial charge in [-0.3, -0.25) is 0 Å². The van der Waals surface area contributed by atoms with Gasteiger partial charge < -0.3 is 8.99 Å². The largest absolute Gasteiger partial charge is 0.410 e. The average molecular weight is 453 g/mol. The van der Waals surface area contributed by atoms with E-state index in [0.717, 1.165) is 29.9 Å². The maximum Gasteiger partial charge on any atom is 0.192 e. The summed E-state index contributed by atoms with van der Waals surface area (Å²) in [6, 6.07) is 19.9. The third-order valence-electron chi connectivity index (χ3n) is 6.90. The monoisotopic (exact) mass is 452 g/mol. The molecule has 2 nitrogen and oxygen atoms in total. The zero-order valence-corrected chi connectivity index (χ0v) is 21.6. The molecule has 2 aromatic rings. The van der Waals surface area contributed by atoms with Gasteiger partial charge >= 0.3 is 0 Å². The topological polar surface area (TPSA) is 26.3 Å². The lowest BCUT2D eigenvalue weighted by Crippen LogP contribution is -2.45. The molecule has 0 bridgehead atoms. The Bertz CT molecular complexity index is 928. The average Bonchev–Trinajstić information content (AvgIpc) is 2.74. The molecule has 2 aromatic carbocycles. The molecule has 166 valence electrons. The molecule has 0 heterocycles. The predicted octanol–water partition coefficient (Wildman–Crippen LogP) is 7.06. The lowest BCUT2D eigenvalue weighted by Gasteiger charge is -2.41. The van der Waals surface area contributed by atoms with Crippen molar-refractivity contribution in [3.05, 3.63) is 84.5 Å². The van der Waals surface area contributed by atoms with Gasteiger partial charge in [0, 0.05) is 16.8 Å². The minimum atomic E-state index is -2.72. The Hall–Kier alpha value is -1.67. The van der Waals surface area contributed by atoms with Gasteiger partial charge in [-0.2, -0.15) is 0 Å². The molecule has 3 rings (SSSR count). The number of allylic oxidation sites excluding steroid dienone is 1. The lowest BCUT2D eigenvalue weighted by molar-refractivity contribution is 0.201. The maximum absolute atomic E-state index is 14.3. The van der Waals surface area contributed by atoms with Gasteiger partial charge in [0.25, 0.3) is 0 Å². The summed E-state index contributed by atoms with van der Waals surface area (Å²) >= 11 is 0. The molecule has 1 aliphatic carbocycles. The van der Waals surface area contributed by atoms with Crippen LogP contribution >= 0.6 is 7.14 Å². The highest BCUT2D eigenvalue weighted by atomic mass is 31.2. The molecule has 0 aliphatic heterocycles. The van der Waals surface area contributed by atoms with Gasteiger partial charge in [0.2, 0.25) is 0 Å². The van der Waals surface area contributed by atoms with Crippen molar-refractivity contribution in [1.82, 2.24) is 0 Å². The van der Waals surface area contributed by atoms with Crippen LogP contribution in [-0.4, -0.2) is 20.6 Å². The molecule has 0 amide bonds. The second-order valence-corrected chi connectivity index (χ2v) is 17.8. The molecular weight excluding hydrogens is 415 g/mol. The molecular formula is C27H37O2PSi. The fourth-order valence-electron chi connectivity index (χ4n) is 3.76. The van der Waals surface area contributed by atoms with Crippen molar-refractivity contribution in [1.29, 1.82) is 0 Å². The van der Waals surface area contributed by atoms with Gasteiger partial charge in [0.1, 0.15) is 7.14 Å². The van der Waals surface area contributed by atoms with Crippen molar-refractivity contribution in [3.8, 4) is 0 Å². The maximum atomic E-state index is 14.3. The molecule has 1 fully saturated rings. The van der Waals surface area contributed by atoms with Gasteiger partial charge in [-0.15, -0.1) is 0 Å². The van der Waals surface area contributed by atoms with E-state index >= 15 is 0 Å². The van der Waals surface area contributed by atoms with E-state index in [-0.39, 0.29) is 11.1 Å². The molecule has 1 aliphatic rings. The summed E-state index contributed by atoms with van der Waals surface area (Å²) in [4.78, 5) is 0. The number of rotatable bonds is 6. The molecule has 1 saturated carbocycles. The third-order valence-corrected chi connectivity index (χ3v) is 14.3. The van der Waals surface area contributed by atoms with Crippen LogP contribution in [0.4, 0.5) is 0 Å². The Balaban J connectivity index is 1.84. The zero-order chi connectivity index (χ0) is 22.7. The number of hydrogen-bond donors (Lipinski definition) is 0. The molecule has 1 unspecified atom stereocenters. The summed E-state index contributed by atoms with van der Waals surface area (Å²) in [7, 11) is -4.60. The van der Waals surface area contributed by atoms with Crippen LogP contribution in [0.5, 0.6) is 0 Å². The molecule has 0 aromatic heterocycles. The standard InChI is InChI=1S/C27H37O2PSi/c1-22-17-18-23(21-26(22)29-31(5,6)27(2,3)4)19-20-30(28,24-13-9-7-10-14-24)25-15-11-8-12-16-25/h7-16,19,26H,1,17-18,20-21H2,2-6H3/b23-19-. The minimum Gasteiger partial charge on any atom is -0.410 e. The van der Waals surface area contributed by atoms with E-state index in [1.54, 1.807) is 0 Å². The molecule has 4 heteroatoms. The second kappa shape index (κ2) is 9.44. The van der Waals surface area contributed by atoms with Crippen molar-refractivity contribution in [3.63, 3.8) is 0 Å². The first-order chi connectivity index (χ1) is 14.5. The van der Waals surface area contributed by atoms with Crippen molar-refractivity contribution in [2.45, 2.75) is 64.3 Å². The summed E-state index contributed by atoms with van der Waals surface area (Å²) in [6.07, 6.45) is 5.67. The van der Waals surface area contributed by atoms with Gasteiger partial charge in [-0.25, -0.2) is 0 Å². The highest BCUT2D eigenvalue weighted by Gasteiger charge is 2.40. The van der Waals surface area contributed by atoms with Crippen LogP contribution in [0.25, 0.3) is 0 Å². The summed E-state index contributed by atoms with van der Waals surface area (Å²) in [6.45, 7) is 15.7. The lowest BCUT2D eigenvalue weighted by atomic mass is 9.89. The molecule has 31 heavy (non-hydrogen) atoms. The summed E-state index contributed by atoms with van der Waals surface area (Å²) in [5.74, 6) is 0. The van der Waals surface area contributed by atoms with Gasteiger partial charge in [0.05, 0.1) is 6.10 Å². The highest BCUT2D eigenvalue weighted by molar-refractivity contribution is 7.78. The molecule has 0 N–H and O–H groups in total. The first kappa shape index (κ1) is 24.0. The summed E-state index contributed by atoms with van der Waals surface area (Å²) < 4.78 is 21.0. The molecule has 0 radical (unpaired) electrons. The van der Waals surface area contributed by atoms with E-state index in [0.29, 0.717) is 6.16 Å². The Morgan fingerprint density at radius 2 is 1.52 bits per heavy atom. The van der Waals surface area contributed by atoms with Crippen molar-refractivity contribution in [2.24, 2.45) is 0 Å². The molecule has 0 spiro atoms. The van der Waals surface area contributed by atoms with E-state index in [1.165, 1.54) is 11.1 Å². The molecule has 1 atom stereocenters. The van der Waals surface area contributed by atoms with E-state index in [2.05, 4.69) is 46.5 Å². The Kier molecular flexibility index (Phi) is 7.31. The van der Waals surface area contributed by atoms with Crippen LogP contribution < -0.4 is 10.6 Å². The quantitative estimate of drug-likeness (QED) is 0.266. The summed E-state index contributed by atoms with van der Waals surface area (Å²) in [5.41, 5.74) is 2.56. The summed E-state index contributed by atoms with van der Waals surface area (Å²) in [5, 5.41) is 2.02. The Labute approximate surface area is 189 Å². The van der Waals surface area contributed by atoms with Crippen molar-refractivity contribution in [2.75, 3.05) is 6.16 Å². The second-order valence-electron chi connectivity index (χ2n) is 10.2. The fourth-order valence-corrected chi connectivity index (χ4v) is 7.62. The normalized spacial score (nSPS) is 19.6. The highest BCUT2D eigenvalue weighted by Crippen LogP contribution is 2.45.